The summed E-state index contributed by atoms with van der Waals surface area (Å²) in [5.41, 5.74) is 0. The summed E-state index contributed by atoms with van der Waals surface area (Å²) in [6, 6.07) is 0. The van der Waals surface area contributed by atoms with Crippen LogP contribution in [0.25, 0.3) is 0 Å². The topological polar surface area (TPSA) is 40.6 Å². The fourth-order valence-corrected chi connectivity index (χ4v) is 1.24. The molecular weight excluding hydrogens is 232 g/mol. The highest BCUT2D eigenvalue weighted by atomic mass is 19.3. The molecule has 0 N–H and O–H groups in total. The fraction of sp³-hybridized carbons (Fsp3) is 0.750. The summed E-state index contributed by atoms with van der Waals surface area (Å²) in [6.07, 6.45) is -4.06. The second-order valence-corrected chi connectivity index (χ2v) is 3.47. The van der Waals surface area contributed by atoms with E-state index in [0.29, 0.717) is 4.90 Å². The molecule has 1 aliphatic rings. The lowest BCUT2D eigenvalue weighted by molar-refractivity contribution is -0.183. The van der Waals surface area contributed by atoms with E-state index in [4.69, 9.17) is 0 Å². The van der Waals surface area contributed by atoms with Crippen LogP contribution >= 0.6 is 0 Å². The smallest absolute Gasteiger partial charge is 0.342 e. The molecule has 0 atom stereocenters. The number of alkyl halides is 4. The zero-order valence-electron chi connectivity index (χ0n) is 8.42. The number of carbonyl (C=O) groups is 2. The molecule has 0 aromatic carbocycles. The first-order chi connectivity index (χ1) is 7.26. The van der Waals surface area contributed by atoms with Crippen molar-refractivity contribution in [2.45, 2.75) is 12.3 Å². The van der Waals surface area contributed by atoms with Crippen LogP contribution in [0.4, 0.5) is 17.6 Å². The number of likely N-dealkylation sites (N-methyl/N-ethyl adjacent to an activating group) is 1. The molecule has 0 bridgehead atoms. The van der Waals surface area contributed by atoms with Crippen LogP contribution in [-0.4, -0.2) is 60.6 Å². The normalized spacial score (nSPS) is 18.2. The maximum absolute atomic E-state index is 12.7. The van der Waals surface area contributed by atoms with E-state index in [1.54, 1.807) is 0 Å². The predicted octanol–water partition coefficient (Wildman–Crippen LogP) is 0.187. The van der Waals surface area contributed by atoms with Gasteiger partial charge < -0.3 is 9.80 Å². The quantitative estimate of drug-likeness (QED) is 0.648. The molecule has 2 amide bonds. The van der Waals surface area contributed by atoms with Gasteiger partial charge >= 0.3 is 12.3 Å². The number of hydrogen-bond acceptors (Lipinski definition) is 2. The van der Waals surface area contributed by atoms with E-state index in [-0.39, 0.29) is 13.1 Å². The van der Waals surface area contributed by atoms with Gasteiger partial charge in [-0.3, -0.25) is 9.59 Å². The Hall–Kier alpha value is -1.34. The highest BCUT2D eigenvalue weighted by molar-refractivity contribution is 5.89. The van der Waals surface area contributed by atoms with Crippen molar-refractivity contribution in [3.05, 3.63) is 0 Å². The molecule has 0 spiro atoms. The second kappa shape index (κ2) is 4.26. The molecule has 1 saturated heterocycles. The SMILES string of the molecule is CN1CCN(C(=O)C(F)(F)C(F)F)CC1=O. The largest absolute Gasteiger partial charge is 0.383 e. The van der Waals surface area contributed by atoms with E-state index in [2.05, 4.69) is 0 Å². The van der Waals surface area contributed by atoms with E-state index >= 15 is 0 Å². The summed E-state index contributed by atoms with van der Waals surface area (Å²) in [5.74, 6) is -7.27. The van der Waals surface area contributed by atoms with Crippen molar-refractivity contribution in [3.8, 4) is 0 Å². The first kappa shape index (κ1) is 12.7. The summed E-state index contributed by atoms with van der Waals surface area (Å²) in [7, 11) is 1.44. The zero-order valence-corrected chi connectivity index (χ0v) is 8.42. The number of amides is 2. The zero-order chi connectivity index (χ0) is 12.5. The van der Waals surface area contributed by atoms with E-state index in [9.17, 15) is 27.2 Å². The van der Waals surface area contributed by atoms with Crippen LogP contribution in [0.15, 0.2) is 0 Å². The molecule has 0 aliphatic carbocycles. The molecule has 1 rings (SSSR count). The van der Waals surface area contributed by atoms with Crippen LogP contribution in [0.1, 0.15) is 0 Å². The molecule has 0 saturated carbocycles. The highest BCUT2D eigenvalue weighted by Gasteiger charge is 2.51. The van der Waals surface area contributed by atoms with Crippen LogP contribution in [0.2, 0.25) is 0 Å². The lowest BCUT2D eigenvalue weighted by Crippen LogP contribution is -2.56. The molecule has 0 aromatic rings. The molecule has 16 heavy (non-hydrogen) atoms. The van der Waals surface area contributed by atoms with E-state index in [0.717, 1.165) is 0 Å². The molecule has 0 aromatic heterocycles. The second-order valence-electron chi connectivity index (χ2n) is 3.47. The first-order valence-electron chi connectivity index (χ1n) is 4.46. The van der Waals surface area contributed by atoms with Crippen molar-refractivity contribution in [2.75, 3.05) is 26.7 Å². The van der Waals surface area contributed by atoms with Crippen molar-refractivity contribution in [3.63, 3.8) is 0 Å². The number of hydrogen-bond donors (Lipinski definition) is 0. The minimum Gasteiger partial charge on any atom is -0.342 e. The summed E-state index contributed by atoms with van der Waals surface area (Å²) < 4.78 is 49.2. The van der Waals surface area contributed by atoms with Gasteiger partial charge in [0.15, 0.2) is 0 Å². The first-order valence-corrected chi connectivity index (χ1v) is 4.46. The van der Waals surface area contributed by atoms with Crippen molar-refractivity contribution in [1.82, 2.24) is 9.80 Å². The van der Waals surface area contributed by atoms with Gasteiger partial charge in [-0.2, -0.15) is 8.78 Å². The minimum absolute atomic E-state index is 0.0594. The number of piperazine rings is 1. The summed E-state index contributed by atoms with van der Waals surface area (Å²) in [4.78, 5) is 23.8. The van der Waals surface area contributed by atoms with E-state index < -0.39 is 30.7 Å². The minimum atomic E-state index is -4.73. The molecular formula is C8H10F4N2O2. The average Bonchev–Trinajstić information content (AvgIpc) is 2.20. The predicted molar refractivity (Wildman–Crippen MR) is 45.2 cm³/mol. The maximum Gasteiger partial charge on any atom is 0.383 e. The molecule has 92 valence electrons. The third-order valence-electron chi connectivity index (χ3n) is 2.30. The van der Waals surface area contributed by atoms with Crippen molar-refractivity contribution < 1.29 is 27.2 Å². The van der Waals surface area contributed by atoms with E-state index in [1.807, 2.05) is 0 Å². The third kappa shape index (κ3) is 2.25. The maximum atomic E-state index is 12.7. The summed E-state index contributed by atoms with van der Waals surface area (Å²) >= 11 is 0. The Kier molecular flexibility index (Phi) is 3.39. The summed E-state index contributed by atoms with van der Waals surface area (Å²) in [6.45, 7) is -0.690. The van der Waals surface area contributed by atoms with Gasteiger partial charge in [0, 0.05) is 20.1 Å². The molecule has 0 radical (unpaired) electrons. The van der Waals surface area contributed by atoms with E-state index in [1.165, 1.54) is 11.9 Å². The Labute approximate surface area is 88.8 Å². The van der Waals surface area contributed by atoms with Gasteiger partial charge in [0.1, 0.15) is 0 Å². The fourth-order valence-electron chi connectivity index (χ4n) is 1.24. The summed E-state index contributed by atoms with van der Waals surface area (Å²) in [5, 5.41) is 0. The van der Waals surface area contributed by atoms with Crippen LogP contribution < -0.4 is 0 Å². The monoisotopic (exact) mass is 242 g/mol. The van der Waals surface area contributed by atoms with Gasteiger partial charge in [-0.1, -0.05) is 0 Å². The van der Waals surface area contributed by atoms with Gasteiger partial charge in [0.25, 0.3) is 5.91 Å². The van der Waals surface area contributed by atoms with Gasteiger partial charge in [-0.05, 0) is 0 Å². The van der Waals surface area contributed by atoms with Gasteiger partial charge in [-0.15, -0.1) is 0 Å². The molecule has 8 heteroatoms. The number of rotatable bonds is 2. The van der Waals surface area contributed by atoms with Gasteiger partial charge in [0.05, 0.1) is 6.54 Å². The Morgan fingerprint density at radius 1 is 1.38 bits per heavy atom. The average molecular weight is 242 g/mol. The molecule has 1 heterocycles. The van der Waals surface area contributed by atoms with Crippen molar-refractivity contribution >= 4 is 11.8 Å². The van der Waals surface area contributed by atoms with Crippen molar-refractivity contribution in [1.29, 1.82) is 0 Å². The Morgan fingerprint density at radius 3 is 2.38 bits per heavy atom. The van der Waals surface area contributed by atoms with Gasteiger partial charge in [-0.25, -0.2) is 8.78 Å². The molecule has 0 unspecified atom stereocenters. The van der Waals surface area contributed by atoms with Gasteiger partial charge in [0.2, 0.25) is 5.91 Å². The Morgan fingerprint density at radius 2 is 1.94 bits per heavy atom. The Bertz CT molecular complexity index is 308. The van der Waals surface area contributed by atoms with Crippen LogP contribution in [-0.2, 0) is 9.59 Å². The number of nitrogens with zero attached hydrogens (tertiary/aromatic N) is 2. The Balaban J connectivity index is 2.73. The lowest BCUT2D eigenvalue weighted by atomic mass is 10.2. The van der Waals surface area contributed by atoms with Crippen LogP contribution in [0, 0.1) is 0 Å². The van der Waals surface area contributed by atoms with Crippen molar-refractivity contribution in [2.24, 2.45) is 0 Å². The molecule has 1 aliphatic heterocycles. The molecule has 4 nitrogen and oxygen atoms in total. The number of halogens is 4. The lowest BCUT2D eigenvalue weighted by Gasteiger charge is -2.33. The van der Waals surface area contributed by atoms with Crippen LogP contribution in [0.3, 0.4) is 0 Å². The number of carbonyl (C=O) groups excluding carboxylic acids is 2. The standard InChI is InChI=1S/C8H10F4N2O2/c1-13-2-3-14(4-5(13)15)7(16)8(11,12)6(9)10/h6H,2-4H2,1H3. The molecule has 1 fully saturated rings. The van der Waals surface area contributed by atoms with Crippen LogP contribution in [0.5, 0.6) is 0 Å². The highest BCUT2D eigenvalue weighted by Crippen LogP contribution is 2.25. The third-order valence-corrected chi connectivity index (χ3v) is 2.30.